The first-order valence-electron chi connectivity index (χ1n) is 10.7. The van der Waals surface area contributed by atoms with Crippen LogP contribution in [-0.4, -0.2) is 44.4 Å². The van der Waals surface area contributed by atoms with Crippen LogP contribution in [0.4, 0.5) is 19.7 Å². The summed E-state index contributed by atoms with van der Waals surface area (Å²) in [5, 5.41) is 11.3. The summed E-state index contributed by atoms with van der Waals surface area (Å²) in [6.45, 7) is 4.51. The Bertz CT molecular complexity index is 986. The molecule has 0 spiro atoms. The van der Waals surface area contributed by atoms with Gasteiger partial charge in [-0.25, -0.2) is 19.0 Å². The highest BCUT2D eigenvalue weighted by Gasteiger charge is 2.10. The van der Waals surface area contributed by atoms with E-state index < -0.39 is 17.9 Å². The Morgan fingerprint density at radius 1 is 1.09 bits per heavy atom. The second-order valence-electron chi connectivity index (χ2n) is 7.38. The Labute approximate surface area is 203 Å². The normalized spacial score (nSPS) is 11.1. The molecule has 0 saturated carbocycles. The summed E-state index contributed by atoms with van der Waals surface area (Å²) in [7, 11) is 1.27. The maximum absolute atomic E-state index is 14.4. The number of ether oxygens (including phenoxy) is 2. The van der Waals surface area contributed by atoms with Crippen LogP contribution >= 0.6 is 11.6 Å². The molecule has 0 bridgehead atoms. The van der Waals surface area contributed by atoms with Crippen LogP contribution in [0.5, 0.6) is 5.75 Å². The summed E-state index contributed by atoms with van der Waals surface area (Å²) in [6.07, 6.45) is -0.212. The lowest BCUT2D eigenvalue weighted by Gasteiger charge is -2.15. The fourth-order valence-corrected chi connectivity index (χ4v) is 2.77. The average molecular weight is 494 g/mol. The predicted octanol–water partition coefficient (Wildman–Crippen LogP) is 4.28. The van der Waals surface area contributed by atoms with Crippen LogP contribution < -0.4 is 26.0 Å². The number of rotatable bonds is 9. The van der Waals surface area contributed by atoms with Gasteiger partial charge in [0.25, 0.3) is 0 Å². The van der Waals surface area contributed by atoms with Gasteiger partial charge in [0, 0.05) is 29.9 Å². The van der Waals surface area contributed by atoms with Crippen LogP contribution in [0, 0.1) is 5.82 Å². The second-order valence-corrected chi connectivity index (χ2v) is 7.82. The Morgan fingerprint density at radius 2 is 1.79 bits per heavy atom. The molecule has 0 aliphatic carbocycles. The molecule has 0 aliphatic heterocycles. The lowest BCUT2D eigenvalue weighted by Crippen LogP contribution is -2.43. The topological polar surface area (TPSA) is 113 Å². The minimum atomic E-state index is -0.543. The van der Waals surface area contributed by atoms with Gasteiger partial charge in [0.15, 0.2) is 11.6 Å². The number of anilines is 1. The monoisotopic (exact) mass is 493 g/mol. The largest absolute Gasteiger partial charge is 0.488 e. The quantitative estimate of drug-likeness (QED) is 0.236. The summed E-state index contributed by atoms with van der Waals surface area (Å²) < 4.78 is 24.3. The zero-order valence-corrected chi connectivity index (χ0v) is 20.0. The maximum Gasteiger partial charge on any atom is 0.406 e. The van der Waals surface area contributed by atoms with E-state index in [1.807, 2.05) is 12.1 Å². The second kappa shape index (κ2) is 13.9. The van der Waals surface area contributed by atoms with Gasteiger partial charge in [0.1, 0.15) is 0 Å². The summed E-state index contributed by atoms with van der Waals surface area (Å²) in [5.41, 5.74) is 1.25. The molecule has 34 heavy (non-hydrogen) atoms. The van der Waals surface area contributed by atoms with Gasteiger partial charge < -0.3 is 25.4 Å². The molecule has 0 aliphatic rings. The van der Waals surface area contributed by atoms with Gasteiger partial charge in [0.2, 0.25) is 5.96 Å². The number of benzene rings is 2. The van der Waals surface area contributed by atoms with Crippen molar-refractivity contribution in [3.8, 4) is 5.75 Å². The van der Waals surface area contributed by atoms with E-state index in [1.165, 1.54) is 19.2 Å². The molecule has 4 N–H and O–H groups in total. The fourth-order valence-electron chi connectivity index (χ4n) is 2.64. The number of methoxy groups -OCH3 is 1. The molecule has 9 nitrogen and oxygen atoms in total. The van der Waals surface area contributed by atoms with Gasteiger partial charge in [-0.15, -0.1) is 0 Å². The molecule has 3 amide bonds. The van der Waals surface area contributed by atoms with E-state index in [0.29, 0.717) is 30.2 Å². The number of alkyl carbamates (subject to hydrolysis) is 1. The summed E-state index contributed by atoms with van der Waals surface area (Å²) in [6, 6.07) is 11.0. The highest BCUT2D eigenvalue weighted by Crippen LogP contribution is 2.22. The van der Waals surface area contributed by atoms with Crippen molar-refractivity contribution in [2.24, 2.45) is 4.99 Å². The number of nitrogens with one attached hydrogen (secondary N) is 4. The van der Waals surface area contributed by atoms with Gasteiger partial charge in [0.05, 0.1) is 19.8 Å². The minimum Gasteiger partial charge on any atom is -0.488 e. The first-order chi connectivity index (χ1) is 16.3. The zero-order valence-electron chi connectivity index (χ0n) is 19.3. The molecule has 2 aromatic rings. The molecule has 0 aromatic heterocycles. The third kappa shape index (κ3) is 9.95. The summed E-state index contributed by atoms with van der Waals surface area (Å²) in [5.74, 6) is -0.290. The van der Waals surface area contributed by atoms with Gasteiger partial charge in [-0.1, -0.05) is 23.7 Å². The van der Waals surface area contributed by atoms with Crippen molar-refractivity contribution < 1.29 is 23.5 Å². The molecule has 0 atom stereocenters. The Hall–Kier alpha value is -3.53. The van der Waals surface area contributed by atoms with Crippen molar-refractivity contribution in [1.82, 2.24) is 16.0 Å². The summed E-state index contributed by atoms with van der Waals surface area (Å²) >= 11 is 5.92. The number of guanidine groups is 1. The van der Waals surface area contributed by atoms with Gasteiger partial charge in [-0.05, 0) is 50.1 Å². The van der Waals surface area contributed by atoms with Crippen LogP contribution in [0.1, 0.15) is 25.8 Å². The Kier molecular flexibility index (Phi) is 10.9. The third-order valence-electron chi connectivity index (χ3n) is 4.22. The van der Waals surface area contributed by atoms with E-state index >= 15 is 0 Å². The van der Waals surface area contributed by atoms with E-state index in [2.05, 4.69) is 31.0 Å². The summed E-state index contributed by atoms with van der Waals surface area (Å²) in [4.78, 5) is 27.8. The minimum absolute atomic E-state index is 0.122. The first-order valence-corrected chi connectivity index (χ1v) is 11.0. The molecule has 0 heterocycles. The van der Waals surface area contributed by atoms with Crippen molar-refractivity contribution in [3.63, 3.8) is 0 Å². The molecular formula is C23H29ClFN5O4. The molecule has 0 radical (unpaired) electrons. The smallest absolute Gasteiger partial charge is 0.406 e. The number of hydrogen-bond donors (Lipinski definition) is 4. The van der Waals surface area contributed by atoms with E-state index in [-0.39, 0.29) is 24.4 Å². The van der Waals surface area contributed by atoms with Gasteiger partial charge >= 0.3 is 12.1 Å². The lowest BCUT2D eigenvalue weighted by atomic mass is 10.2. The van der Waals surface area contributed by atoms with Crippen LogP contribution in [0.3, 0.4) is 0 Å². The van der Waals surface area contributed by atoms with Crippen LogP contribution in [-0.2, 0) is 11.3 Å². The lowest BCUT2D eigenvalue weighted by molar-refractivity contribution is 0.171. The van der Waals surface area contributed by atoms with Crippen LogP contribution in [0.2, 0.25) is 5.02 Å². The van der Waals surface area contributed by atoms with Crippen molar-refractivity contribution in [3.05, 3.63) is 58.9 Å². The molecule has 2 rings (SSSR count). The zero-order chi connectivity index (χ0) is 24.9. The maximum atomic E-state index is 14.4. The average Bonchev–Trinajstić information content (AvgIpc) is 2.79. The highest BCUT2D eigenvalue weighted by atomic mass is 35.5. The van der Waals surface area contributed by atoms with E-state index in [9.17, 15) is 14.0 Å². The molecule has 0 saturated heterocycles. The van der Waals surface area contributed by atoms with E-state index in [4.69, 9.17) is 16.3 Å². The van der Waals surface area contributed by atoms with Crippen LogP contribution in [0.25, 0.3) is 0 Å². The van der Waals surface area contributed by atoms with Gasteiger partial charge in [-0.2, -0.15) is 0 Å². The number of carbonyl (C=O) groups excluding carboxylic acids is 2. The number of carbonyl (C=O) groups is 2. The molecular weight excluding hydrogens is 465 g/mol. The van der Waals surface area contributed by atoms with E-state index in [0.717, 1.165) is 5.56 Å². The SMILES string of the molecule is COC(=O)NCCCNC(=O)NC(=NCc1ccc(Cl)cc1)Nc1ccc(OC(C)C)c(F)c1. The van der Waals surface area contributed by atoms with E-state index in [1.54, 1.807) is 32.0 Å². The number of halogens is 2. The number of amides is 3. The molecule has 184 valence electrons. The first kappa shape index (κ1) is 26.7. The number of nitrogens with zero attached hydrogens (tertiary/aromatic N) is 1. The fraction of sp³-hybridized carbons (Fsp3) is 0.348. The molecule has 0 fully saturated rings. The Balaban J connectivity index is 2.03. The number of hydrogen-bond acceptors (Lipinski definition) is 5. The van der Waals surface area contributed by atoms with Crippen molar-refractivity contribution in [2.45, 2.75) is 32.9 Å². The molecule has 2 aromatic carbocycles. The number of aliphatic imine (C=N–C) groups is 1. The predicted molar refractivity (Wildman–Crippen MR) is 130 cm³/mol. The number of urea groups is 1. The van der Waals surface area contributed by atoms with Crippen molar-refractivity contribution in [1.29, 1.82) is 0 Å². The molecule has 0 unspecified atom stereocenters. The standard InChI is InChI=1S/C23H29ClFN5O4/c1-15(2)34-20-10-9-18(13-19(20)25)29-21(28-14-16-5-7-17(24)8-6-16)30-22(31)26-11-4-12-27-23(32)33-3/h5-10,13,15H,4,11-12,14H2,1-3H3,(H,27,32)(H3,26,28,29,30,31). The Morgan fingerprint density at radius 3 is 2.44 bits per heavy atom. The van der Waals surface area contributed by atoms with Gasteiger partial charge in [-0.3, -0.25) is 5.32 Å². The highest BCUT2D eigenvalue weighted by molar-refractivity contribution is 6.30. The van der Waals surface area contributed by atoms with Crippen LogP contribution in [0.15, 0.2) is 47.5 Å². The van der Waals surface area contributed by atoms with Crippen molar-refractivity contribution in [2.75, 3.05) is 25.5 Å². The van der Waals surface area contributed by atoms with Crippen molar-refractivity contribution >= 4 is 35.4 Å². The molecule has 11 heteroatoms. The third-order valence-corrected chi connectivity index (χ3v) is 4.47.